The minimum atomic E-state index is -0.806. The second-order valence-electron chi connectivity index (χ2n) is 4.43. The smallest absolute Gasteiger partial charge is 0.303 e. The highest BCUT2D eigenvalue weighted by Gasteiger charge is 2.09. The molecule has 0 atom stereocenters. The number of hydrogen-bond donors (Lipinski definition) is 1. The number of nitrogens with zero attached hydrogens (tertiary/aromatic N) is 2. The van der Waals surface area contributed by atoms with Crippen molar-refractivity contribution in [2.45, 2.75) is 12.8 Å². The molecular formula is C15H12N2O3. The molecule has 0 amide bonds. The Labute approximate surface area is 114 Å². The Morgan fingerprint density at radius 1 is 1.25 bits per heavy atom. The maximum Gasteiger partial charge on any atom is 0.303 e. The number of aliphatic carboxylic acids is 1. The van der Waals surface area contributed by atoms with Crippen molar-refractivity contribution in [2.24, 2.45) is 0 Å². The van der Waals surface area contributed by atoms with Crippen molar-refractivity contribution >= 4 is 17.1 Å². The Bertz CT molecular complexity index is 750. The third-order valence-electron chi connectivity index (χ3n) is 2.96. The van der Waals surface area contributed by atoms with Crippen LogP contribution < -0.4 is 0 Å². The van der Waals surface area contributed by atoms with Gasteiger partial charge in [0.05, 0.1) is 0 Å². The van der Waals surface area contributed by atoms with Crippen LogP contribution in [0, 0.1) is 0 Å². The van der Waals surface area contributed by atoms with Crippen LogP contribution in [-0.2, 0) is 11.2 Å². The molecule has 3 aromatic rings. The van der Waals surface area contributed by atoms with Crippen molar-refractivity contribution in [3.05, 3.63) is 48.2 Å². The number of carboxylic acids is 1. The Kier molecular flexibility index (Phi) is 3.16. The van der Waals surface area contributed by atoms with Gasteiger partial charge in [-0.2, -0.15) is 0 Å². The van der Waals surface area contributed by atoms with Gasteiger partial charge in [-0.1, -0.05) is 12.1 Å². The van der Waals surface area contributed by atoms with Gasteiger partial charge in [-0.05, 0) is 36.2 Å². The molecule has 2 heterocycles. The van der Waals surface area contributed by atoms with Gasteiger partial charge in [-0.3, -0.25) is 9.78 Å². The van der Waals surface area contributed by atoms with Crippen LogP contribution in [0.5, 0.6) is 0 Å². The van der Waals surface area contributed by atoms with E-state index in [1.807, 2.05) is 36.4 Å². The first kappa shape index (κ1) is 12.3. The largest absolute Gasteiger partial charge is 0.481 e. The lowest BCUT2D eigenvalue weighted by atomic mass is 10.1. The molecule has 0 aliphatic carbocycles. The van der Waals surface area contributed by atoms with Gasteiger partial charge in [-0.15, -0.1) is 0 Å². The van der Waals surface area contributed by atoms with Gasteiger partial charge in [0.15, 0.2) is 5.58 Å². The fraction of sp³-hybridized carbons (Fsp3) is 0.133. The maximum absolute atomic E-state index is 10.6. The van der Waals surface area contributed by atoms with Gasteiger partial charge in [0, 0.05) is 12.6 Å². The number of oxazole rings is 1. The molecule has 20 heavy (non-hydrogen) atoms. The molecule has 0 aliphatic heterocycles. The average molecular weight is 268 g/mol. The van der Waals surface area contributed by atoms with Crippen molar-refractivity contribution in [1.82, 2.24) is 9.97 Å². The summed E-state index contributed by atoms with van der Waals surface area (Å²) in [4.78, 5) is 19.2. The molecule has 100 valence electrons. The standard InChI is InChI=1S/C15H12N2O3/c18-14(19)7-5-10-4-6-13-12(9-10)17-15(20-13)11-3-1-2-8-16-11/h1-4,6,8-9H,5,7H2,(H,18,19). The van der Waals surface area contributed by atoms with Gasteiger partial charge in [0.25, 0.3) is 0 Å². The van der Waals surface area contributed by atoms with E-state index >= 15 is 0 Å². The molecular weight excluding hydrogens is 256 g/mol. The first-order chi connectivity index (χ1) is 9.72. The van der Waals surface area contributed by atoms with E-state index in [1.165, 1.54) is 0 Å². The highest BCUT2D eigenvalue weighted by molar-refractivity contribution is 5.76. The summed E-state index contributed by atoms with van der Waals surface area (Å²) in [5, 5.41) is 8.70. The number of hydrogen-bond acceptors (Lipinski definition) is 4. The van der Waals surface area contributed by atoms with E-state index in [9.17, 15) is 4.79 Å². The van der Waals surface area contributed by atoms with Crippen molar-refractivity contribution in [3.63, 3.8) is 0 Å². The van der Waals surface area contributed by atoms with E-state index in [2.05, 4.69) is 9.97 Å². The molecule has 0 spiro atoms. The summed E-state index contributed by atoms with van der Waals surface area (Å²) in [6, 6.07) is 11.1. The Hall–Kier alpha value is -2.69. The average Bonchev–Trinajstić information content (AvgIpc) is 2.89. The molecule has 2 aromatic heterocycles. The normalized spacial score (nSPS) is 10.8. The van der Waals surface area contributed by atoms with Crippen molar-refractivity contribution in [1.29, 1.82) is 0 Å². The lowest BCUT2D eigenvalue weighted by Gasteiger charge is -1.96. The molecule has 0 unspecified atom stereocenters. The van der Waals surface area contributed by atoms with Gasteiger partial charge >= 0.3 is 5.97 Å². The third-order valence-corrected chi connectivity index (χ3v) is 2.96. The number of fused-ring (bicyclic) bond motifs is 1. The molecule has 1 aromatic carbocycles. The summed E-state index contributed by atoms with van der Waals surface area (Å²) in [6.45, 7) is 0. The van der Waals surface area contributed by atoms with Crippen molar-refractivity contribution < 1.29 is 14.3 Å². The van der Waals surface area contributed by atoms with Gasteiger partial charge < -0.3 is 9.52 Å². The monoisotopic (exact) mass is 268 g/mol. The van der Waals surface area contributed by atoms with Crippen LogP contribution in [0.15, 0.2) is 47.0 Å². The van der Waals surface area contributed by atoms with Gasteiger partial charge in [-0.25, -0.2) is 4.98 Å². The summed E-state index contributed by atoms with van der Waals surface area (Å²) < 4.78 is 5.64. The SMILES string of the molecule is O=C(O)CCc1ccc2oc(-c3ccccn3)nc2c1. The minimum Gasteiger partial charge on any atom is -0.481 e. The Balaban J connectivity index is 1.93. The van der Waals surface area contributed by atoms with Crippen LogP contribution in [0.25, 0.3) is 22.7 Å². The van der Waals surface area contributed by atoms with E-state index < -0.39 is 5.97 Å². The number of benzene rings is 1. The van der Waals surface area contributed by atoms with E-state index in [-0.39, 0.29) is 6.42 Å². The number of rotatable bonds is 4. The Morgan fingerprint density at radius 3 is 2.90 bits per heavy atom. The van der Waals surface area contributed by atoms with Crippen molar-refractivity contribution in [2.75, 3.05) is 0 Å². The maximum atomic E-state index is 10.6. The number of carboxylic acid groups (broad SMARTS) is 1. The van der Waals surface area contributed by atoms with Crippen LogP contribution in [-0.4, -0.2) is 21.0 Å². The van der Waals surface area contributed by atoms with Crippen LogP contribution in [0.1, 0.15) is 12.0 Å². The summed E-state index contributed by atoms with van der Waals surface area (Å²) in [5.74, 6) is -0.338. The molecule has 5 heteroatoms. The number of pyridine rings is 1. The Morgan fingerprint density at radius 2 is 2.15 bits per heavy atom. The van der Waals surface area contributed by atoms with E-state index in [0.29, 0.717) is 29.1 Å². The molecule has 1 N–H and O–H groups in total. The predicted octanol–water partition coefficient (Wildman–Crippen LogP) is 2.91. The first-order valence-corrected chi connectivity index (χ1v) is 6.25. The molecule has 0 radical (unpaired) electrons. The second-order valence-corrected chi connectivity index (χ2v) is 4.43. The zero-order valence-electron chi connectivity index (χ0n) is 10.6. The second kappa shape index (κ2) is 5.13. The van der Waals surface area contributed by atoms with E-state index in [0.717, 1.165) is 5.56 Å². The zero-order valence-corrected chi connectivity index (χ0v) is 10.6. The summed E-state index contributed by atoms with van der Waals surface area (Å²) >= 11 is 0. The summed E-state index contributed by atoms with van der Waals surface area (Å²) in [7, 11) is 0. The summed E-state index contributed by atoms with van der Waals surface area (Å²) in [6.07, 6.45) is 2.27. The molecule has 0 saturated heterocycles. The lowest BCUT2D eigenvalue weighted by Crippen LogP contribution is -1.97. The molecule has 0 bridgehead atoms. The zero-order chi connectivity index (χ0) is 13.9. The lowest BCUT2D eigenvalue weighted by molar-refractivity contribution is -0.136. The third kappa shape index (κ3) is 2.51. The topological polar surface area (TPSA) is 76.2 Å². The highest BCUT2D eigenvalue weighted by Crippen LogP contribution is 2.23. The van der Waals surface area contributed by atoms with Crippen LogP contribution in [0.3, 0.4) is 0 Å². The van der Waals surface area contributed by atoms with Crippen molar-refractivity contribution in [3.8, 4) is 11.6 Å². The van der Waals surface area contributed by atoms with E-state index in [1.54, 1.807) is 6.20 Å². The molecule has 0 fully saturated rings. The fourth-order valence-corrected chi connectivity index (χ4v) is 1.98. The van der Waals surface area contributed by atoms with Gasteiger partial charge in [0.1, 0.15) is 11.2 Å². The van der Waals surface area contributed by atoms with Gasteiger partial charge in [0.2, 0.25) is 5.89 Å². The van der Waals surface area contributed by atoms with Crippen LogP contribution in [0.2, 0.25) is 0 Å². The number of carbonyl (C=O) groups is 1. The predicted molar refractivity (Wildman–Crippen MR) is 73.2 cm³/mol. The van der Waals surface area contributed by atoms with E-state index in [4.69, 9.17) is 9.52 Å². The van der Waals surface area contributed by atoms with Crippen LogP contribution >= 0.6 is 0 Å². The number of aromatic nitrogens is 2. The first-order valence-electron chi connectivity index (χ1n) is 6.25. The minimum absolute atomic E-state index is 0.108. The summed E-state index contributed by atoms with van der Waals surface area (Å²) in [5.41, 5.74) is 3.00. The molecule has 0 aliphatic rings. The fourth-order valence-electron chi connectivity index (χ4n) is 1.98. The highest BCUT2D eigenvalue weighted by atomic mass is 16.4. The van der Waals surface area contributed by atoms with Crippen LogP contribution in [0.4, 0.5) is 0 Å². The molecule has 0 saturated carbocycles. The molecule has 5 nitrogen and oxygen atoms in total. The quantitative estimate of drug-likeness (QED) is 0.787. The molecule has 3 rings (SSSR count). The number of aryl methyl sites for hydroxylation is 1.